The fourth-order valence-electron chi connectivity index (χ4n) is 3.70. The lowest BCUT2D eigenvalue weighted by atomic mass is 10.0. The zero-order valence-electron chi connectivity index (χ0n) is 22.9. The molecule has 0 aliphatic carbocycles. The molecule has 10 nitrogen and oxygen atoms in total. The highest BCUT2D eigenvalue weighted by Gasteiger charge is 2.26. The van der Waals surface area contributed by atoms with E-state index >= 15 is 0 Å². The molecular formula is C26H51O10P. The first-order valence-electron chi connectivity index (χ1n) is 13.9. The summed E-state index contributed by atoms with van der Waals surface area (Å²) >= 11 is 0. The second-order valence-corrected chi connectivity index (χ2v) is 11.0. The minimum atomic E-state index is -4.55. The van der Waals surface area contributed by atoms with Crippen LogP contribution in [-0.2, 0) is 32.7 Å². The molecule has 11 heteroatoms. The second-order valence-electron chi connectivity index (χ2n) is 9.51. The van der Waals surface area contributed by atoms with Crippen LogP contribution in [0.3, 0.4) is 0 Å². The van der Waals surface area contributed by atoms with Crippen molar-refractivity contribution in [1.82, 2.24) is 0 Å². The number of hydrogen-bond donors (Lipinski definition) is 3. The van der Waals surface area contributed by atoms with Crippen LogP contribution < -0.4 is 0 Å². The Bertz CT molecular complexity index is 616. The first-order valence-corrected chi connectivity index (χ1v) is 15.4. The van der Waals surface area contributed by atoms with Gasteiger partial charge in [0.05, 0.1) is 19.8 Å². The van der Waals surface area contributed by atoms with Crippen LogP contribution in [0.1, 0.15) is 117 Å². The standard InChI is InChI=1S/C26H51O10P/c1-3-4-5-6-7-8-9-10-11-12-13-14-15-16-17-18-26(30)33-21-25(36-23(2)28)22-35-37(31,32)34-20-24(29)19-27/h24-25,27,29H,3-22H2,1-2H3,(H,31,32)/t24-,25+/m0/s1. The predicted octanol–water partition coefficient (Wildman–Crippen LogP) is 5.21. The second kappa shape index (κ2) is 24.0. The first-order chi connectivity index (χ1) is 17.7. The van der Waals surface area contributed by atoms with Crippen molar-refractivity contribution in [3.8, 4) is 0 Å². The highest BCUT2D eigenvalue weighted by Crippen LogP contribution is 2.43. The Balaban J connectivity index is 3.84. The maximum atomic E-state index is 12.0. The van der Waals surface area contributed by atoms with Gasteiger partial charge in [-0.1, -0.05) is 96.8 Å². The minimum absolute atomic E-state index is 0.243. The fourth-order valence-corrected chi connectivity index (χ4v) is 4.49. The number of carbonyl (C=O) groups excluding carboxylic acids is 2. The summed E-state index contributed by atoms with van der Waals surface area (Å²) in [5.41, 5.74) is 0. The SMILES string of the molecule is CCCCCCCCCCCCCCCCCC(=O)OC[C@H](COP(=O)(O)OC[C@@H](O)CO)OC(C)=O. The molecule has 0 saturated heterocycles. The normalized spacial score (nSPS) is 14.6. The number of unbranched alkanes of at least 4 members (excludes halogenated alkanes) is 14. The molecule has 0 rings (SSSR count). The van der Waals surface area contributed by atoms with Crippen molar-refractivity contribution in [3.05, 3.63) is 0 Å². The Labute approximate surface area is 223 Å². The van der Waals surface area contributed by atoms with E-state index in [9.17, 15) is 24.2 Å². The van der Waals surface area contributed by atoms with Crippen LogP contribution in [0.2, 0.25) is 0 Å². The molecule has 1 unspecified atom stereocenters. The minimum Gasteiger partial charge on any atom is -0.462 e. The third-order valence-corrected chi connectivity index (χ3v) is 6.76. The van der Waals surface area contributed by atoms with E-state index < -0.39 is 51.8 Å². The van der Waals surface area contributed by atoms with Gasteiger partial charge in [0.2, 0.25) is 0 Å². The molecule has 0 aromatic heterocycles. The Morgan fingerprint density at radius 2 is 1.22 bits per heavy atom. The monoisotopic (exact) mass is 554 g/mol. The van der Waals surface area contributed by atoms with Crippen LogP contribution in [0.15, 0.2) is 0 Å². The summed E-state index contributed by atoms with van der Waals surface area (Å²) < 4.78 is 31.1. The van der Waals surface area contributed by atoms with Crippen molar-refractivity contribution in [3.63, 3.8) is 0 Å². The van der Waals surface area contributed by atoms with E-state index in [1.54, 1.807) is 0 Å². The zero-order valence-corrected chi connectivity index (χ0v) is 23.8. The Kier molecular flexibility index (Phi) is 23.4. The average molecular weight is 555 g/mol. The largest absolute Gasteiger partial charge is 0.472 e. The molecule has 3 N–H and O–H groups in total. The van der Waals surface area contributed by atoms with Crippen LogP contribution in [0.5, 0.6) is 0 Å². The van der Waals surface area contributed by atoms with Gasteiger partial charge in [-0.25, -0.2) is 4.57 Å². The maximum absolute atomic E-state index is 12.0. The molecule has 0 heterocycles. The van der Waals surface area contributed by atoms with E-state index in [1.165, 1.54) is 70.6 Å². The van der Waals surface area contributed by atoms with E-state index in [4.69, 9.17) is 19.1 Å². The number of aliphatic hydroxyl groups is 2. The predicted molar refractivity (Wildman–Crippen MR) is 141 cm³/mol. The van der Waals surface area contributed by atoms with Crippen LogP contribution >= 0.6 is 7.82 Å². The molecule has 0 saturated carbocycles. The van der Waals surface area contributed by atoms with Gasteiger partial charge in [-0.2, -0.15) is 0 Å². The van der Waals surface area contributed by atoms with Gasteiger partial charge >= 0.3 is 19.8 Å². The molecule has 3 atom stereocenters. The molecule has 0 radical (unpaired) electrons. The van der Waals surface area contributed by atoms with Crippen LogP contribution in [0.25, 0.3) is 0 Å². The third kappa shape index (κ3) is 25.0. The van der Waals surface area contributed by atoms with Crippen LogP contribution in [-0.4, -0.2) is 65.7 Å². The molecule has 0 aliphatic rings. The Morgan fingerprint density at radius 1 is 0.757 bits per heavy atom. The number of phosphoric ester groups is 1. The van der Waals surface area contributed by atoms with Crippen molar-refractivity contribution in [1.29, 1.82) is 0 Å². The van der Waals surface area contributed by atoms with Gasteiger partial charge in [-0.05, 0) is 6.42 Å². The quantitative estimate of drug-likeness (QED) is 0.0739. The molecule has 0 aliphatic heterocycles. The molecule has 0 aromatic carbocycles. The molecule has 0 aromatic rings. The number of rotatable bonds is 26. The van der Waals surface area contributed by atoms with E-state index in [0.717, 1.165) is 26.2 Å². The van der Waals surface area contributed by atoms with E-state index in [-0.39, 0.29) is 13.0 Å². The van der Waals surface area contributed by atoms with Crippen LogP contribution in [0, 0.1) is 0 Å². The summed E-state index contributed by atoms with van der Waals surface area (Å²) in [6.45, 7) is 1.26. The first kappa shape index (κ1) is 36.0. The topological polar surface area (TPSA) is 149 Å². The lowest BCUT2D eigenvalue weighted by Gasteiger charge is -2.19. The summed E-state index contributed by atoms with van der Waals surface area (Å²) in [6.07, 6.45) is 16.3. The van der Waals surface area contributed by atoms with Gasteiger partial charge in [0.15, 0.2) is 6.10 Å². The van der Waals surface area contributed by atoms with Crippen molar-refractivity contribution in [2.24, 2.45) is 0 Å². The van der Waals surface area contributed by atoms with Crippen molar-refractivity contribution in [2.45, 2.75) is 129 Å². The molecule has 0 spiro atoms. The average Bonchev–Trinajstić information content (AvgIpc) is 2.86. The lowest BCUT2D eigenvalue weighted by molar-refractivity contribution is -0.159. The van der Waals surface area contributed by atoms with Gasteiger partial charge in [-0.3, -0.25) is 18.6 Å². The number of carbonyl (C=O) groups is 2. The summed E-state index contributed by atoms with van der Waals surface area (Å²) in [4.78, 5) is 32.9. The van der Waals surface area contributed by atoms with E-state index in [1.807, 2.05) is 0 Å². The molecule has 37 heavy (non-hydrogen) atoms. The Hall–Kier alpha value is -1.03. The number of aliphatic hydroxyl groups excluding tert-OH is 2. The lowest BCUT2D eigenvalue weighted by Crippen LogP contribution is -2.29. The highest BCUT2D eigenvalue weighted by atomic mass is 31.2. The summed E-state index contributed by atoms with van der Waals surface area (Å²) in [7, 11) is -4.55. The Morgan fingerprint density at radius 3 is 1.68 bits per heavy atom. The van der Waals surface area contributed by atoms with Gasteiger partial charge in [0.25, 0.3) is 0 Å². The van der Waals surface area contributed by atoms with Crippen molar-refractivity contribution in [2.75, 3.05) is 26.4 Å². The number of phosphoric acid groups is 1. The van der Waals surface area contributed by atoms with Crippen molar-refractivity contribution >= 4 is 19.8 Å². The third-order valence-electron chi connectivity index (χ3n) is 5.81. The van der Waals surface area contributed by atoms with Gasteiger partial charge < -0.3 is 24.6 Å². The highest BCUT2D eigenvalue weighted by molar-refractivity contribution is 7.47. The number of hydrogen-bond acceptors (Lipinski definition) is 9. The summed E-state index contributed by atoms with van der Waals surface area (Å²) in [5, 5.41) is 17.9. The number of esters is 2. The molecule has 0 bridgehead atoms. The molecule has 0 amide bonds. The molecular weight excluding hydrogens is 503 g/mol. The smallest absolute Gasteiger partial charge is 0.462 e. The van der Waals surface area contributed by atoms with Gasteiger partial charge in [0.1, 0.15) is 12.7 Å². The maximum Gasteiger partial charge on any atom is 0.472 e. The fraction of sp³-hybridized carbons (Fsp3) is 0.923. The van der Waals surface area contributed by atoms with Crippen LogP contribution in [0.4, 0.5) is 0 Å². The molecule has 220 valence electrons. The van der Waals surface area contributed by atoms with Gasteiger partial charge in [-0.15, -0.1) is 0 Å². The number of ether oxygens (including phenoxy) is 2. The zero-order chi connectivity index (χ0) is 27.8. The van der Waals surface area contributed by atoms with Gasteiger partial charge in [0, 0.05) is 13.3 Å². The van der Waals surface area contributed by atoms with E-state index in [2.05, 4.69) is 11.4 Å². The molecule has 0 fully saturated rings. The summed E-state index contributed by atoms with van der Waals surface area (Å²) in [6, 6.07) is 0. The van der Waals surface area contributed by atoms with E-state index in [0.29, 0.717) is 6.42 Å². The van der Waals surface area contributed by atoms with Crippen molar-refractivity contribution < 1.29 is 47.8 Å². The summed E-state index contributed by atoms with van der Waals surface area (Å²) in [5.74, 6) is -1.11.